The molecule has 0 atom stereocenters. The van der Waals surface area contributed by atoms with Gasteiger partial charge in [-0.3, -0.25) is 0 Å². The Labute approximate surface area is 134 Å². The van der Waals surface area contributed by atoms with Crippen LogP contribution < -0.4 is 4.72 Å². The van der Waals surface area contributed by atoms with E-state index in [1.54, 1.807) is 18.2 Å². The van der Waals surface area contributed by atoms with Gasteiger partial charge in [-0.1, -0.05) is 6.07 Å². The number of rotatable bonds is 3. The lowest BCUT2D eigenvalue weighted by Crippen LogP contribution is -2.59. The van der Waals surface area contributed by atoms with Gasteiger partial charge in [-0.2, -0.15) is 0 Å². The van der Waals surface area contributed by atoms with Crippen LogP contribution in [-0.2, 0) is 10.0 Å². The van der Waals surface area contributed by atoms with Crippen molar-refractivity contribution < 1.29 is 13.0 Å². The molecule has 0 spiro atoms. The quantitative estimate of drug-likeness (QED) is 0.932. The van der Waals surface area contributed by atoms with E-state index >= 15 is 0 Å². The molecule has 0 saturated heterocycles. The molecular weight excluding hydrogens is 314 g/mol. The fourth-order valence-corrected chi connectivity index (χ4v) is 7.16. The standard InChI is InChI=1S/C16H19N3O3S/c20-23(21,14-3-1-2-13-15(14)18-22-17-13)19-16-7-10-4-11(8-16)6-12(5-10)9-16/h1-3,10-12,19H,4-9H2. The molecule has 122 valence electrons. The lowest BCUT2D eigenvalue weighted by Gasteiger charge is -2.56. The van der Waals surface area contributed by atoms with Crippen molar-refractivity contribution in [2.24, 2.45) is 17.8 Å². The molecule has 7 heteroatoms. The molecule has 0 radical (unpaired) electrons. The average molecular weight is 333 g/mol. The van der Waals surface area contributed by atoms with Gasteiger partial charge in [0.15, 0.2) is 5.52 Å². The van der Waals surface area contributed by atoms with Crippen LogP contribution in [0, 0.1) is 17.8 Å². The van der Waals surface area contributed by atoms with Crippen molar-refractivity contribution in [3.63, 3.8) is 0 Å². The minimum absolute atomic E-state index is 0.173. The van der Waals surface area contributed by atoms with Gasteiger partial charge in [0.2, 0.25) is 10.0 Å². The Hall–Kier alpha value is -1.47. The van der Waals surface area contributed by atoms with Crippen molar-refractivity contribution >= 4 is 21.1 Å². The normalized spacial score (nSPS) is 35.9. The summed E-state index contributed by atoms with van der Waals surface area (Å²) in [6.07, 6.45) is 6.78. The van der Waals surface area contributed by atoms with Crippen LogP contribution in [0.25, 0.3) is 11.0 Å². The Kier molecular flexibility index (Phi) is 2.75. The summed E-state index contributed by atoms with van der Waals surface area (Å²) >= 11 is 0. The molecule has 0 unspecified atom stereocenters. The summed E-state index contributed by atoms with van der Waals surface area (Å²) in [4.78, 5) is 0.173. The molecule has 4 bridgehead atoms. The Morgan fingerprint density at radius 3 is 2.35 bits per heavy atom. The Morgan fingerprint density at radius 2 is 1.70 bits per heavy atom. The highest BCUT2D eigenvalue weighted by Crippen LogP contribution is 2.56. The third kappa shape index (κ3) is 2.13. The van der Waals surface area contributed by atoms with E-state index in [1.807, 2.05) is 0 Å². The summed E-state index contributed by atoms with van der Waals surface area (Å²) < 4.78 is 33.8. The molecule has 0 amide bonds. The summed E-state index contributed by atoms with van der Waals surface area (Å²) in [5.41, 5.74) is 0.524. The first-order valence-electron chi connectivity index (χ1n) is 8.28. The summed E-state index contributed by atoms with van der Waals surface area (Å²) in [7, 11) is -3.63. The van der Waals surface area contributed by atoms with Crippen LogP contribution in [0.15, 0.2) is 27.7 Å². The number of nitrogens with zero attached hydrogens (tertiary/aromatic N) is 2. The van der Waals surface area contributed by atoms with E-state index in [0.29, 0.717) is 28.8 Å². The minimum atomic E-state index is -3.63. The first-order valence-corrected chi connectivity index (χ1v) is 9.77. The Balaban J connectivity index is 1.53. The van der Waals surface area contributed by atoms with Crippen molar-refractivity contribution in [3.8, 4) is 0 Å². The van der Waals surface area contributed by atoms with Gasteiger partial charge in [-0.15, -0.1) is 0 Å². The van der Waals surface area contributed by atoms with Crippen LogP contribution in [-0.4, -0.2) is 24.3 Å². The molecule has 0 aliphatic heterocycles. The van der Waals surface area contributed by atoms with Gasteiger partial charge < -0.3 is 0 Å². The van der Waals surface area contributed by atoms with Gasteiger partial charge in [0.25, 0.3) is 0 Å². The maximum absolute atomic E-state index is 13.0. The summed E-state index contributed by atoms with van der Waals surface area (Å²) in [6, 6.07) is 4.96. The SMILES string of the molecule is O=S(=O)(NC12CC3CC(CC(C3)C1)C2)c1cccc2nonc12. The number of fused-ring (bicyclic) bond motifs is 1. The molecule has 6 nitrogen and oxygen atoms in total. The second kappa shape index (κ2) is 4.54. The van der Waals surface area contributed by atoms with E-state index in [0.717, 1.165) is 19.3 Å². The lowest BCUT2D eigenvalue weighted by molar-refractivity contribution is -0.00809. The van der Waals surface area contributed by atoms with Crippen molar-refractivity contribution in [2.75, 3.05) is 0 Å². The fraction of sp³-hybridized carbons (Fsp3) is 0.625. The average Bonchev–Trinajstić information content (AvgIpc) is 2.92. The summed E-state index contributed by atoms with van der Waals surface area (Å²) in [5.74, 6) is 2.07. The van der Waals surface area contributed by atoms with Crippen LogP contribution in [0.2, 0.25) is 0 Å². The van der Waals surface area contributed by atoms with Gasteiger partial charge in [0, 0.05) is 5.54 Å². The molecule has 1 N–H and O–H groups in total. The molecule has 4 aliphatic rings. The van der Waals surface area contributed by atoms with Gasteiger partial charge in [-0.25, -0.2) is 17.8 Å². The van der Waals surface area contributed by atoms with Gasteiger partial charge in [-0.05, 0) is 78.7 Å². The molecule has 2 aromatic rings. The van der Waals surface area contributed by atoms with E-state index in [2.05, 4.69) is 15.0 Å². The maximum atomic E-state index is 13.0. The number of hydrogen-bond acceptors (Lipinski definition) is 5. The van der Waals surface area contributed by atoms with E-state index in [-0.39, 0.29) is 10.4 Å². The molecule has 1 aromatic carbocycles. The summed E-state index contributed by atoms with van der Waals surface area (Å²) in [6.45, 7) is 0. The second-order valence-corrected chi connectivity index (χ2v) is 9.34. The lowest BCUT2D eigenvalue weighted by atomic mass is 9.53. The van der Waals surface area contributed by atoms with Crippen molar-refractivity contribution in [3.05, 3.63) is 18.2 Å². The van der Waals surface area contributed by atoms with E-state index in [1.165, 1.54) is 19.3 Å². The third-order valence-corrected chi connectivity index (χ3v) is 7.54. The minimum Gasteiger partial charge on any atom is -0.243 e. The van der Waals surface area contributed by atoms with Gasteiger partial charge in [0.1, 0.15) is 10.4 Å². The fourth-order valence-electron chi connectivity index (χ4n) is 5.57. The zero-order chi connectivity index (χ0) is 15.7. The number of nitrogens with one attached hydrogen (secondary N) is 1. The van der Waals surface area contributed by atoms with Crippen molar-refractivity contribution in [1.29, 1.82) is 0 Å². The first-order chi connectivity index (χ1) is 11.0. The van der Waals surface area contributed by atoms with Crippen LogP contribution in [0.1, 0.15) is 38.5 Å². The zero-order valence-electron chi connectivity index (χ0n) is 12.7. The molecule has 6 rings (SSSR count). The number of aromatic nitrogens is 2. The number of benzene rings is 1. The molecule has 1 heterocycles. The Bertz CT molecular complexity index is 838. The molecular formula is C16H19N3O3S. The summed E-state index contributed by atoms with van der Waals surface area (Å²) in [5, 5.41) is 7.52. The van der Waals surface area contributed by atoms with Crippen molar-refractivity contribution in [2.45, 2.75) is 49.0 Å². The molecule has 23 heavy (non-hydrogen) atoms. The topological polar surface area (TPSA) is 85.1 Å². The zero-order valence-corrected chi connectivity index (χ0v) is 13.6. The van der Waals surface area contributed by atoms with E-state index < -0.39 is 10.0 Å². The molecule has 4 aliphatic carbocycles. The van der Waals surface area contributed by atoms with E-state index in [4.69, 9.17) is 4.63 Å². The van der Waals surface area contributed by atoms with Crippen LogP contribution in [0.5, 0.6) is 0 Å². The predicted molar refractivity (Wildman–Crippen MR) is 83.0 cm³/mol. The highest BCUT2D eigenvalue weighted by Gasteiger charge is 2.52. The number of hydrogen-bond donors (Lipinski definition) is 1. The highest BCUT2D eigenvalue weighted by molar-refractivity contribution is 7.89. The second-order valence-electron chi connectivity index (χ2n) is 7.69. The number of sulfonamides is 1. The van der Waals surface area contributed by atoms with Gasteiger partial charge in [0.05, 0.1) is 0 Å². The van der Waals surface area contributed by atoms with Crippen LogP contribution >= 0.6 is 0 Å². The predicted octanol–water partition coefficient (Wildman–Crippen LogP) is 2.47. The van der Waals surface area contributed by atoms with Crippen LogP contribution in [0.3, 0.4) is 0 Å². The highest BCUT2D eigenvalue weighted by atomic mass is 32.2. The van der Waals surface area contributed by atoms with Crippen LogP contribution in [0.4, 0.5) is 0 Å². The molecule has 1 aromatic heterocycles. The van der Waals surface area contributed by atoms with E-state index in [9.17, 15) is 8.42 Å². The maximum Gasteiger partial charge on any atom is 0.243 e. The van der Waals surface area contributed by atoms with Crippen molar-refractivity contribution in [1.82, 2.24) is 15.0 Å². The van der Waals surface area contributed by atoms with Gasteiger partial charge >= 0.3 is 0 Å². The largest absolute Gasteiger partial charge is 0.243 e. The third-order valence-electron chi connectivity index (χ3n) is 5.93. The molecule has 4 saturated carbocycles. The first kappa shape index (κ1) is 13.9. The molecule has 4 fully saturated rings. The Morgan fingerprint density at radius 1 is 1.04 bits per heavy atom. The monoisotopic (exact) mass is 333 g/mol. The smallest absolute Gasteiger partial charge is 0.243 e.